The van der Waals surface area contributed by atoms with Gasteiger partial charge in [-0.15, -0.1) is 0 Å². The predicted octanol–water partition coefficient (Wildman–Crippen LogP) is 4.32. The average Bonchev–Trinajstić information content (AvgIpc) is 2.40. The quantitative estimate of drug-likeness (QED) is 0.896. The Kier molecular flexibility index (Phi) is 4.80. The highest BCUT2D eigenvalue weighted by atomic mass is 79.9. The first-order valence-electron chi connectivity index (χ1n) is 5.67. The molecule has 0 spiro atoms. The van der Waals surface area contributed by atoms with Crippen molar-refractivity contribution in [3.05, 3.63) is 63.3 Å². The minimum atomic E-state index is -0.510. The van der Waals surface area contributed by atoms with Gasteiger partial charge >= 0.3 is 0 Å². The maximum absolute atomic E-state index is 13.3. The van der Waals surface area contributed by atoms with Gasteiger partial charge in [0.2, 0.25) is 0 Å². The van der Waals surface area contributed by atoms with Crippen LogP contribution in [-0.2, 0) is 0 Å². The van der Waals surface area contributed by atoms with Gasteiger partial charge in [0.1, 0.15) is 17.7 Å². The Morgan fingerprint density at radius 1 is 1.26 bits per heavy atom. The van der Waals surface area contributed by atoms with E-state index in [4.69, 9.17) is 22.1 Å². The fraction of sp³-hybridized carbons (Fsp3) is 0.143. The van der Waals surface area contributed by atoms with Crippen molar-refractivity contribution in [1.29, 1.82) is 0 Å². The molecular formula is C14H12BrClFNO. The lowest BCUT2D eigenvalue weighted by Crippen LogP contribution is -2.18. The van der Waals surface area contributed by atoms with E-state index in [0.717, 1.165) is 10.0 Å². The van der Waals surface area contributed by atoms with Gasteiger partial charge in [0.05, 0.1) is 5.02 Å². The van der Waals surface area contributed by atoms with Crippen LogP contribution >= 0.6 is 27.5 Å². The number of nitrogens with two attached hydrogens (primary N) is 1. The summed E-state index contributed by atoms with van der Waals surface area (Å²) in [6, 6.07) is 12.0. The molecule has 0 amide bonds. The molecule has 2 rings (SSSR count). The molecule has 2 aromatic carbocycles. The fourth-order valence-electron chi connectivity index (χ4n) is 1.67. The van der Waals surface area contributed by atoms with Crippen molar-refractivity contribution in [2.45, 2.75) is 6.10 Å². The van der Waals surface area contributed by atoms with Crippen molar-refractivity contribution in [2.75, 3.05) is 6.54 Å². The van der Waals surface area contributed by atoms with Crippen molar-refractivity contribution in [1.82, 2.24) is 0 Å². The number of rotatable bonds is 4. The minimum Gasteiger partial charge on any atom is -0.484 e. The molecule has 0 heterocycles. The van der Waals surface area contributed by atoms with E-state index in [1.54, 1.807) is 6.07 Å². The van der Waals surface area contributed by atoms with E-state index in [1.807, 2.05) is 24.3 Å². The summed E-state index contributed by atoms with van der Waals surface area (Å²) >= 11 is 9.02. The molecule has 100 valence electrons. The van der Waals surface area contributed by atoms with Crippen LogP contribution in [-0.4, -0.2) is 6.54 Å². The van der Waals surface area contributed by atoms with Crippen molar-refractivity contribution in [3.63, 3.8) is 0 Å². The van der Waals surface area contributed by atoms with Gasteiger partial charge in [-0.05, 0) is 29.8 Å². The molecule has 1 atom stereocenters. The first kappa shape index (κ1) is 14.3. The lowest BCUT2D eigenvalue weighted by Gasteiger charge is -2.18. The third-order valence-corrected chi connectivity index (χ3v) is 3.40. The molecular weight excluding hydrogens is 333 g/mol. The van der Waals surface area contributed by atoms with Gasteiger partial charge in [-0.3, -0.25) is 0 Å². The van der Waals surface area contributed by atoms with Crippen LogP contribution < -0.4 is 10.5 Å². The molecule has 2 N–H and O–H groups in total. The number of hydrogen-bond acceptors (Lipinski definition) is 2. The highest BCUT2D eigenvalue weighted by Crippen LogP contribution is 2.26. The van der Waals surface area contributed by atoms with E-state index >= 15 is 0 Å². The largest absolute Gasteiger partial charge is 0.484 e. The topological polar surface area (TPSA) is 35.2 Å². The molecule has 0 aliphatic rings. The Morgan fingerprint density at radius 3 is 2.68 bits per heavy atom. The zero-order valence-corrected chi connectivity index (χ0v) is 12.3. The zero-order valence-electron chi connectivity index (χ0n) is 9.95. The van der Waals surface area contributed by atoms with Crippen molar-refractivity contribution >= 4 is 27.5 Å². The molecule has 0 radical (unpaired) electrons. The minimum absolute atomic E-state index is 0.0686. The van der Waals surface area contributed by atoms with Crippen molar-refractivity contribution in [2.24, 2.45) is 5.73 Å². The Bertz CT molecular complexity index is 579. The molecule has 0 aliphatic heterocycles. The molecule has 5 heteroatoms. The van der Waals surface area contributed by atoms with Crippen LogP contribution in [0.15, 0.2) is 46.9 Å². The summed E-state index contributed by atoms with van der Waals surface area (Å²) in [5.74, 6) is -0.110. The van der Waals surface area contributed by atoms with Gasteiger partial charge in [0, 0.05) is 17.1 Å². The van der Waals surface area contributed by atoms with Crippen molar-refractivity contribution < 1.29 is 9.13 Å². The summed E-state index contributed by atoms with van der Waals surface area (Å²) in [5, 5.41) is 0.0686. The molecule has 0 bridgehead atoms. The smallest absolute Gasteiger partial charge is 0.145 e. The second kappa shape index (κ2) is 6.37. The third-order valence-electron chi connectivity index (χ3n) is 2.60. The fourth-order valence-corrected chi connectivity index (χ4v) is 2.21. The maximum Gasteiger partial charge on any atom is 0.145 e. The second-order valence-corrected chi connectivity index (χ2v) is 5.30. The summed E-state index contributed by atoms with van der Waals surface area (Å²) in [6.45, 7) is 0.292. The van der Waals surface area contributed by atoms with Gasteiger partial charge in [-0.25, -0.2) is 4.39 Å². The third kappa shape index (κ3) is 3.69. The predicted molar refractivity (Wildman–Crippen MR) is 78.0 cm³/mol. The number of ether oxygens (including phenoxy) is 1. The van der Waals surface area contributed by atoms with Crippen molar-refractivity contribution in [3.8, 4) is 5.75 Å². The Morgan fingerprint density at radius 2 is 2.05 bits per heavy atom. The Balaban J connectivity index is 2.21. The van der Waals surface area contributed by atoms with E-state index in [9.17, 15) is 4.39 Å². The van der Waals surface area contributed by atoms with Crippen LogP contribution in [0.3, 0.4) is 0 Å². The lowest BCUT2D eigenvalue weighted by atomic mass is 10.1. The summed E-state index contributed by atoms with van der Waals surface area (Å²) in [5.41, 5.74) is 6.63. The average molecular weight is 345 g/mol. The highest BCUT2D eigenvalue weighted by molar-refractivity contribution is 9.10. The first-order chi connectivity index (χ1) is 9.10. The molecule has 0 saturated heterocycles. The Hall–Kier alpha value is -1.10. The van der Waals surface area contributed by atoms with Crippen LogP contribution in [0.25, 0.3) is 0 Å². The van der Waals surface area contributed by atoms with Gasteiger partial charge < -0.3 is 10.5 Å². The summed E-state index contributed by atoms with van der Waals surface area (Å²) < 4.78 is 20.0. The molecule has 2 nitrogen and oxygen atoms in total. The molecule has 0 aromatic heterocycles. The second-order valence-electron chi connectivity index (χ2n) is 3.97. The van der Waals surface area contributed by atoms with Gasteiger partial charge in [0.25, 0.3) is 0 Å². The van der Waals surface area contributed by atoms with E-state index in [1.165, 1.54) is 12.1 Å². The monoisotopic (exact) mass is 343 g/mol. The number of halogens is 3. The van der Waals surface area contributed by atoms with Gasteiger partial charge in [-0.2, -0.15) is 0 Å². The standard InChI is InChI=1S/C14H12BrClFNO/c15-10-3-1-2-9(6-10)14(8-18)19-11-4-5-12(16)13(17)7-11/h1-7,14H,8,18H2. The number of hydrogen-bond donors (Lipinski definition) is 1. The molecule has 0 fully saturated rings. The molecule has 1 unspecified atom stereocenters. The normalized spacial score (nSPS) is 12.2. The summed E-state index contributed by atoms with van der Waals surface area (Å²) in [4.78, 5) is 0. The summed E-state index contributed by atoms with van der Waals surface area (Å²) in [7, 11) is 0. The zero-order chi connectivity index (χ0) is 13.8. The van der Waals surface area contributed by atoms with Crippen LogP contribution in [0.1, 0.15) is 11.7 Å². The van der Waals surface area contributed by atoms with E-state index in [0.29, 0.717) is 12.3 Å². The van der Waals surface area contributed by atoms with Crippen LogP contribution in [0.5, 0.6) is 5.75 Å². The Labute approximate surface area is 124 Å². The molecule has 2 aromatic rings. The lowest BCUT2D eigenvalue weighted by molar-refractivity contribution is 0.213. The molecule has 19 heavy (non-hydrogen) atoms. The van der Waals surface area contributed by atoms with Crippen LogP contribution in [0.4, 0.5) is 4.39 Å². The summed E-state index contributed by atoms with van der Waals surface area (Å²) in [6.07, 6.45) is -0.335. The highest BCUT2D eigenvalue weighted by Gasteiger charge is 2.13. The van der Waals surface area contributed by atoms with E-state index in [2.05, 4.69) is 15.9 Å². The molecule has 0 saturated carbocycles. The molecule has 0 aliphatic carbocycles. The van der Waals surface area contributed by atoms with E-state index in [-0.39, 0.29) is 11.1 Å². The maximum atomic E-state index is 13.3. The van der Waals surface area contributed by atoms with Gasteiger partial charge in [0.15, 0.2) is 0 Å². The first-order valence-corrected chi connectivity index (χ1v) is 6.84. The SMILES string of the molecule is NCC(Oc1ccc(Cl)c(F)c1)c1cccc(Br)c1. The van der Waals surface area contributed by atoms with Gasteiger partial charge in [-0.1, -0.05) is 39.7 Å². The number of benzene rings is 2. The van der Waals surface area contributed by atoms with Crippen LogP contribution in [0.2, 0.25) is 5.02 Å². The van der Waals surface area contributed by atoms with Crippen LogP contribution in [0, 0.1) is 5.82 Å². The van der Waals surface area contributed by atoms with E-state index < -0.39 is 5.82 Å².